The molecule has 0 bridgehead atoms. The van der Waals surface area contributed by atoms with Crippen molar-refractivity contribution in [3.05, 3.63) is 35.9 Å². The van der Waals surface area contributed by atoms with E-state index in [4.69, 9.17) is 9.47 Å². The van der Waals surface area contributed by atoms with Crippen LogP contribution in [0.2, 0.25) is 0 Å². The molecule has 1 aromatic rings. The number of ether oxygens (including phenoxy) is 2. The highest BCUT2D eigenvalue weighted by atomic mass is 16.6. The number of hydrogen-bond acceptors (Lipinski definition) is 6. The van der Waals surface area contributed by atoms with E-state index >= 15 is 0 Å². The van der Waals surface area contributed by atoms with Gasteiger partial charge in [-0.1, -0.05) is 30.3 Å². The third-order valence-corrected chi connectivity index (χ3v) is 4.55. The summed E-state index contributed by atoms with van der Waals surface area (Å²) in [4.78, 5) is 37.4. The van der Waals surface area contributed by atoms with Crippen LogP contribution in [0.4, 0.5) is 9.59 Å². The molecule has 0 aromatic heterocycles. The summed E-state index contributed by atoms with van der Waals surface area (Å²) >= 11 is 0. The van der Waals surface area contributed by atoms with Gasteiger partial charge in [0, 0.05) is 25.7 Å². The largest absolute Gasteiger partial charge is 0.480 e. The van der Waals surface area contributed by atoms with Crippen LogP contribution in [0.25, 0.3) is 0 Å². The zero-order valence-corrected chi connectivity index (χ0v) is 17.7. The summed E-state index contributed by atoms with van der Waals surface area (Å²) in [5, 5.41) is 14.7. The number of piperidine rings is 1. The number of carbonyl (C=O) groups is 3. The van der Waals surface area contributed by atoms with E-state index in [9.17, 15) is 19.5 Å². The molecule has 1 unspecified atom stereocenters. The number of carboxylic acids is 1. The highest BCUT2D eigenvalue weighted by Crippen LogP contribution is 2.13. The maximum atomic E-state index is 12.0. The number of rotatable bonds is 7. The highest BCUT2D eigenvalue weighted by molar-refractivity contribution is 5.80. The SMILES string of the molecule is CC(C)(C)OC(=O)NC1CCN(CC(NC(=O)OCc2ccccc2)C(=O)O)CC1. The van der Waals surface area contributed by atoms with Crippen LogP contribution in [-0.2, 0) is 20.9 Å². The van der Waals surface area contributed by atoms with Crippen LogP contribution < -0.4 is 10.6 Å². The van der Waals surface area contributed by atoms with Crippen molar-refractivity contribution < 1.29 is 29.0 Å². The molecule has 9 heteroatoms. The van der Waals surface area contributed by atoms with Crippen molar-refractivity contribution in [3.63, 3.8) is 0 Å². The molecule has 30 heavy (non-hydrogen) atoms. The van der Waals surface area contributed by atoms with E-state index in [0.29, 0.717) is 25.9 Å². The lowest BCUT2D eigenvalue weighted by Gasteiger charge is -2.34. The lowest BCUT2D eigenvalue weighted by atomic mass is 10.0. The van der Waals surface area contributed by atoms with Crippen LogP contribution in [0.3, 0.4) is 0 Å². The quantitative estimate of drug-likeness (QED) is 0.619. The molecule has 1 atom stereocenters. The van der Waals surface area contributed by atoms with Crippen molar-refractivity contribution in [2.45, 2.75) is 57.9 Å². The maximum absolute atomic E-state index is 12.0. The molecule has 0 aliphatic carbocycles. The van der Waals surface area contributed by atoms with E-state index in [1.54, 1.807) is 20.8 Å². The first-order chi connectivity index (χ1) is 14.1. The molecule has 1 aliphatic heterocycles. The van der Waals surface area contributed by atoms with Gasteiger partial charge >= 0.3 is 18.2 Å². The lowest BCUT2D eigenvalue weighted by molar-refractivity contribution is -0.140. The molecular weight excluding hydrogens is 390 g/mol. The normalized spacial score (nSPS) is 16.4. The highest BCUT2D eigenvalue weighted by Gasteiger charge is 2.28. The van der Waals surface area contributed by atoms with Crippen molar-refractivity contribution >= 4 is 18.2 Å². The topological polar surface area (TPSA) is 117 Å². The molecule has 9 nitrogen and oxygen atoms in total. The van der Waals surface area contributed by atoms with Crippen LogP contribution in [0.1, 0.15) is 39.2 Å². The molecule has 0 spiro atoms. The number of carbonyl (C=O) groups excluding carboxylic acids is 2. The first kappa shape index (κ1) is 23.5. The molecule has 0 saturated carbocycles. The van der Waals surface area contributed by atoms with Gasteiger partial charge in [-0.25, -0.2) is 14.4 Å². The van der Waals surface area contributed by atoms with Gasteiger partial charge in [0.15, 0.2) is 0 Å². The molecule has 166 valence electrons. The van der Waals surface area contributed by atoms with Crippen molar-refractivity contribution in [1.82, 2.24) is 15.5 Å². The second-order valence-corrected chi connectivity index (χ2v) is 8.32. The standard InChI is InChI=1S/C21H31N3O6/c1-21(2,3)30-20(28)22-16-9-11-24(12-10-16)13-17(18(25)26)23-19(27)29-14-15-7-5-4-6-8-15/h4-8,16-17H,9-14H2,1-3H3,(H,22,28)(H,23,27)(H,25,26). The Kier molecular flexibility index (Phi) is 8.46. The average Bonchev–Trinajstić information content (AvgIpc) is 2.66. The third kappa shape index (κ3) is 8.69. The molecular formula is C21H31N3O6. The lowest BCUT2D eigenvalue weighted by Crippen LogP contribution is -2.52. The number of hydrogen-bond donors (Lipinski definition) is 3. The summed E-state index contributed by atoms with van der Waals surface area (Å²) in [6.07, 6.45) is 0.119. The molecule has 2 rings (SSSR count). The van der Waals surface area contributed by atoms with Gasteiger partial charge in [-0.3, -0.25) is 0 Å². The van der Waals surface area contributed by atoms with E-state index in [1.807, 2.05) is 35.2 Å². The van der Waals surface area contributed by atoms with E-state index < -0.39 is 29.8 Å². The summed E-state index contributed by atoms with van der Waals surface area (Å²) in [5.41, 5.74) is 0.263. The fourth-order valence-corrected chi connectivity index (χ4v) is 3.08. The number of likely N-dealkylation sites (tertiary alicyclic amines) is 1. The van der Waals surface area contributed by atoms with Gasteiger partial charge in [0.1, 0.15) is 18.2 Å². The second kappa shape index (κ2) is 10.8. The Bertz CT molecular complexity index is 711. The second-order valence-electron chi connectivity index (χ2n) is 8.32. The van der Waals surface area contributed by atoms with E-state index in [-0.39, 0.29) is 19.2 Å². The van der Waals surface area contributed by atoms with Gasteiger partial charge in [0.05, 0.1) is 0 Å². The first-order valence-electron chi connectivity index (χ1n) is 10.0. The predicted molar refractivity (Wildman–Crippen MR) is 110 cm³/mol. The Morgan fingerprint density at radius 2 is 1.77 bits per heavy atom. The predicted octanol–water partition coefficient (Wildman–Crippen LogP) is 2.36. The van der Waals surface area contributed by atoms with Gasteiger partial charge in [0.2, 0.25) is 0 Å². The zero-order chi connectivity index (χ0) is 22.1. The van der Waals surface area contributed by atoms with Crippen molar-refractivity contribution in [2.75, 3.05) is 19.6 Å². The zero-order valence-electron chi connectivity index (χ0n) is 17.7. The van der Waals surface area contributed by atoms with Crippen LogP contribution in [0.15, 0.2) is 30.3 Å². The number of nitrogens with zero attached hydrogens (tertiary/aromatic N) is 1. The van der Waals surface area contributed by atoms with Crippen LogP contribution in [-0.4, -0.2) is 65.5 Å². The molecule has 2 amide bonds. The third-order valence-electron chi connectivity index (χ3n) is 4.55. The number of amides is 2. The van der Waals surface area contributed by atoms with E-state index in [0.717, 1.165) is 5.56 Å². The van der Waals surface area contributed by atoms with Crippen molar-refractivity contribution in [3.8, 4) is 0 Å². The maximum Gasteiger partial charge on any atom is 0.408 e. The minimum Gasteiger partial charge on any atom is -0.480 e. The monoisotopic (exact) mass is 421 g/mol. The molecule has 1 saturated heterocycles. The minimum atomic E-state index is -1.12. The molecule has 0 radical (unpaired) electrons. The smallest absolute Gasteiger partial charge is 0.408 e. The average molecular weight is 421 g/mol. The van der Waals surface area contributed by atoms with E-state index in [1.165, 1.54) is 0 Å². The van der Waals surface area contributed by atoms with Crippen LogP contribution in [0.5, 0.6) is 0 Å². The van der Waals surface area contributed by atoms with Crippen molar-refractivity contribution in [2.24, 2.45) is 0 Å². The van der Waals surface area contributed by atoms with Gasteiger partial charge in [-0.15, -0.1) is 0 Å². The Hall–Kier alpha value is -2.81. The number of nitrogens with one attached hydrogen (secondary N) is 2. The van der Waals surface area contributed by atoms with Gasteiger partial charge < -0.3 is 30.1 Å². The Morgan fingerprint density at radius 3 is 2.33 bits per heavy atom. The molecule has 3 N–H and O–H groups in total. The van der Waals surface area contributed by atoms with Gasteiger partial charge in [0.25, 0.3) is 0 Å². The van der Waals surface area contributed by atoms with E-state index in [2.05, 4.69) is 10.6 Å². The molecule has 1 heterocycles. The number of alkyl carbamates (subject to hydrolysis) is 2. The Morgan fingerprint density at radius 1 is 1.13 bits per heavy atom. The molecule has 1 fully saturated rings. The fraction of sp³-hybridized carbons (Fsp3) is 0.571. The summed E-state index contributed by atoms with van der Waals surface area (Å²) in [7, 11) is 0. The number of aliphatic carboxylic acids is 1. The Labute approximate surface area is 176 Å². The molecule has 1 aliphatic rings. The first-order valence-corrected chi connectivity index (χ1v) is 10.0. The summed E-state index contributed by atoms with van der Waals surface area (Å²) in [5.74, 6) is -1.12. The van der Waals surface area contributed by atoms with Gasteiger partial charge in [-0.05, 0) is 39.2 Å². The Balaban J connectivity index is 1.74. The van der Waals surface area contributed by atoms with Gasteiger partial charge in [-0.2, -0.15) is 0 Å². The van der Waals surface area contributed by atoms with Crippen LogP contribution >= 0.6 is 0 Å². The van der Waals surface area contributed by atoms with Crippen molar-refractivity contribution in [1.29, 1.82) is 0 Å². The van der Waals surface area contributed by atoms with Crippen LogP contribution in [0, 0.1) is 0 Å². The fourth-order valence-electron chi connectivity index (χ4n) is 3.08. The summed E-state index contributed by atoms with van der Waals surface area (Å²) in [6.45, 7) is 6.85. The molecule has 1 aromatic carbocycles. The number of carboxylic acid groups (broad SMARTS) is 1. The minimum absolute atomic E-state index is 0.0248. The summed E-state index contributed by atoms with van der Waals surface area (Å²) < 4.78 is 10.4. The number of benzene rings is 1. The summed E-state index contributed by atoms with van der Waals surface area (Å²) in [6, 6.07) is 8.05.